The first-order chi connectivity index (χ1) is 9.17. The molecule has 0 fully saturated rings. The highest BCUT2D eigenvalue weighted by Crippen LogP contribution is 2.33. The zero-order chi connectivity index (χ0) is 13.8. The van der Waals surface area contributed by atoms with Gasteiger partial charge in [0.25, 0.3) is 0 Å². The molecule has 7 nitrogen and oxygen atoms in total. The standard InChI is InChI=1S/C12H12N2O5/c1-18-11(16)8-6-7-9(4-2-3-5-15)19-12(17)10(7)14-13-8/h5-6,9H,2-4H2,1H3. The van der Waals surface area contributed by atoms with E-state index < -0.39 is 18.0 Å². The van der Waals surface area contributed by atoms with Crippen LogP contribution in [-0.4, -0.2) is 35.5 Å². The maximum absolute atomic E-state index is 11.5. The van der Waals surface area contributed by atoms with Crippen molar-refractivity contribution in [3.63, 3.8) is 0 Å². The number of methoxy groups -OCH3 is 1. The summed E-state index contributed by atoms with van der Waals surface area (Å²) in [5.74, 6) is -1.18. The highest BCUT2D eigenvalue weighted by Gasteiger charge is 2.33. The summed E-state index contributed by atoms with van der Waals surface area (Å²) in [4.78, 5) is 33.2. The molecule has 100 valence electrons. The van der Waals surface area contributed by atoms with Gasteiger partial charge in [-0.15, -0.1) is 10.2 Å². The number of hydrogen-bond acceptors (Lipinski definition) is 7. The number of carbonyl (C=O) groups excluding carboxylic acids is 3. The molecule has 1 aromatic heterocycles. The number of aldehydes is 1. The van der Waals surface area contributed by atoms with E-state index in [1.165, 1.54) is 13.2 Å². The van der Waals surface area contributed by atoms with E-state index in [2.05, 4.69) is 14.9 Å². The lowest BCUT2D eigenvalue weighted by Gasteiger charge is -2.09. The van der Waals surface area contributed by atoms with Gasteiger partial charge in [0, 0.05) is 12.0 Å². The summed E-state index contributed by atoms with van der Waals surface area (Å²) < 4.78 is 9.68. The van der Waals surface area contributed by atoms with Crippen LogP contribution in [0.15, 0.2) is 6.07 Å². The summed E-state index contributed by atoms with van der Waals surface area (Å²) in [5.41, 5.74) is 0.662. The minimum atomic E-state index is -0.624. The topological polar surface area (TPSA) is 95.5 Å². The molecule has 0 aromatic carbocycles. The lowest BCUT2D eigenvalue weighted by atomic mass is 10.0. The van der Waals surface area contributed by atoms with Gasteiger partial charge in [-0.1, -0.05) is 0 Å². The van der Waals surface area contributed by atoms with Crippen LogP contribution < -0.4 is 0 Å². The largest absolute Gasteiger partial charge is 0.464 e. The van der Waals surface area contributed by atoms with E-state index in [-0.39, 0.29) is 11.4 Å². The van der Waals surface area contributed by atoms with Crippen LogP contribution in [0.25, 0.3) is 0 Å². The maximum atomic E-state index is 11.5. The highest BCUT2D eigenvalue weighted by atomic mass is 16.5. The van der Waals surface area contributed by atoms with Gasteiger partial charge in [-0.25, -0.2) is 9.59 Å². The third-order valence-electron chi connectivity index (χ3n) is 2.80. The summed E-state index contributed by atoms with van der Waals surface area (Å²) in [7, 11) is 1.24. The van der Waals surface area contributed by atoms with Gasteiger partial charge < -0.3 is 14.3 Å². The number of ether oxygens (including phenoxy) is 2. The lowest BCUT2D eigenvalue weighted by Crippen LogP contribution is -2.09. The number of rotatable bonds is 5. The Morgan fingerprint density at radius 1 is 1.53 bits per heavy atom. The molecule has 1 aliphatic rings. The van der Waals surface area contributed by atoms with E-state index in [0.29, 0.717) is 24.8 Å². The van der Waals surface area contributed by atoms with Crippen LogP contribution in [0.2, 0.25) is 0 Å². The Morgan fingerprint density at radius 3 is 3.00 bits per heavy atom. The van der Waals surface area contributed by atoms with Gasteiger partial charge in [0.1, 0.15) is 12.4 Å². The van der Waals surface area contributed by atoms with Crippen molar-refractivity contribution in [1.82, 2.24) is 10.2 Å². The number of nitrogens with zero attached hydrogens (tertiary/aromatic N) is 2. The number of fused-ring (bicyclic) bond motifs is 1. The lowest BCUT2D eigenvalue weighted by molar-refractivity contribution is -0.108. The predicted molar refractivity (Wildman–Crippen MR) is 61.4 cm³/mol. The van der Waals surface area contributed by atoms with Gasteiger partial charge >= 0.3 is 11.9 Å². The molecule has 0 radical (unpaired) electrons. The first-order valence-corrected chi connectivity index (χ1v) is 5.78. The molecule has 2 rings (SSSR count). The van der Waals surface area contributed by atoms with Crippen molar-refractivity contribution in [1.29, 1.82) is 0 Å². The van der Waals surface area contributed by atoms with Gasteiger partial charge in [-0.3, -0.25) is 0 Å². The number of cyclic esters (lactones) is 1. The molecule has 0 saturated heterocycles. The van der Waals surface area contributed by atoms with Crippen LogP contribution in [0.3, 0.4) is 0 Å². The van der Waals surface area contributed by atoms with Gasteiger partial charge in [-0.2, -0.15) is 0 Å². The van der Waals surface area contributed by atoms with Crippen molar-refractivity contribution in [2.24, 2.45) is 0 Å². The Balaban J connectivity index is 2.24. The van der Waals surface area contributed by atoms with Crippen molar-refractivity contribution < 1.29 is 23.9 Å². The second-order valence-electron chi connectivity index (χ2n) is 4.02. The van der Waals surface area contributed by atoms with Crippen molar-refractivity contribution in [2.75, 3.05) is 7.11 Å². The predicted octanol–water partition coefficient (Wildman–Crippen LogP) is 0.844. The monoisotopic (exact) mass is 264 g/mol. The molecule has 1 aliphatic heterocycles. The van der Waals surface area contributed by atoms with Gasteiger partial charge in [0.15, 0.2) is 11.4 Å². The van der Waals surface area contributed by atoms with E-state index >= 15 is 0 Å². The van der Waals surface area contributed by atoms with Crippen LogP contribution in [-0.2, 0) is 14.3 Å². The number of carbonyl (C=O) groups is 3. The average Bonchev–Trinajstić information content (AvgIpc) is 2.74. The molecule has 0 bridgehead atoms. The van der Waals surface area contributed by atoms with Gasteiger partial charge in [-0.05, 0) is 18.9 Å². The van der Waals surface area contributed by atoms with Crippen molar-refractivity contribution in [3.05, 3.63) is 23.0 Å². The fourth-order valence-electron chi connectivity index (χ4n) is 1.86. The first kappa shape index (κ1) is 13.1. The van der Waals surface area contributed by atoms with E-state index in [1.54, 1.807) is 0 Å². The number of esters is 2. The van der Waals surface area contributed by atoms with Crippen LogP contribution in [0.4, 0.5) is 0 Å². The molecule has 0 aliphatic carbocycles. The molecule has 0 spiro atoms. The maximum Gasteiger partial charge on any atom is 0.359 e. The zero-order valence-corrected chi connectivity index (χ0v) is 10.3. The van der Waals surface area contributed by atoms with Crippen LogP contribution in [0.5, 0.6) is 0 Å². The molecule has 1 atom stereocenters. The van der Waals surface area contributed by atoms with E-state index in [1.807, 2.05) is 0 Å². The Morgan fingerprint density at radius 2 is 2.32 bits per heavy atom. The van der Waals surface area contributed by atoms with Crippen LogP contribution in [0.1, 0.15) is 51.9 Å². The Labute approximate surface area is 108 Å². The van der Waals surface area contributed by atoms with Gasteiger partial charge in [0.2, 0.25) is 0 Å². The molecule has 19 heavy (non-hydrogen) atoms. The van der Waals surface area contributed by atoms with E-state index in [9.17, 15) is 14.4 Å². The minimum Gasteiger partial charge on any atom is -0.464 e. The molecule has 1 aromatic rings. The van der Waals surface area contributed by atoms with Gasteiger partial charge in [0.05, 0.1) is 7.11 Å². The van der Waals surface area contributed by atoms with Crippen molar-refractivity contribution in [3.8, 4) is 0 Å². The summed E-state index contributed by atoms with van der Waals surface area (Å²) in [6.07, 6.45) is 1.82. The average molecular weight is 264 g/mol. The third kappa shape index (κ3) is 2.59. The molecular weight excluding hydrogens is 252 g/mol. The van der Waals surface area contributed by atoms with Crippen molar-refractivity contribution in [2.45, 2.75) is 25.4 Å². The van der Waals surface area contributed by atoms with E-state index in [0.717, 1.165) is 6.29 Å². The quantitative estimate of drug-likeness (QED) is 0.441. The molecule has 2 heterocycles. The second kappa shape index (κ2) is 5.55. The Hall–Kier alpha value is -2.31. The second-order valence-corrected chi connectivity index (χ2v) is 4.02. The Bertz CT molecular complexity index is 529. The normalized spacial score (nSPS) is 16.7. The molecule has 0 saturated carbocycles. The summed E-state index contributed by atoms with van der Waals surface area (Å²) >= 11 is 0. The summed E-state index contributed by atoms with van der Waals surface area (Å²) in [5, 5.41) is 7.31. The van der Waals surface area contributed by atoms with Crippen LogP contribution in [0, 0.1) is 0 Å². The number of hydrogen-bond donors (Lipinski definition) is 0. The fraction of sp³-hybridized carbons (Fsp3) is 0.417. The minimum absolute atomic E-state index is 0.0277. The van der Waals surface area contributed by atoms with Crippen molar-refractivity contribution >= 4 is 18.2 Å². The fourth-order valence-corrected chi connectivity index (χ4v) is 1.86. The smallest absolute Gasteiger partial charge is 0.359 e. The first-order valence-electron chi connectivity index (χ1n) is 5.78. The molecular formula is C12H12N2O5. The number of aromatic nitrogens is 2. The highest BCUT2D eigenvalue weighted by molar-refractivity contribution is 5.93. The van der Waals surface area contributed by atoms with E-state index in [4.69, 9.17) is 4.74 Å². The zero-order valence-electron chi connectivity index (χ0n) is 10.3. The third-order valence-corrected chi connectivity index (χ3v) is 2.80. The molecule has 1 unspecified atom stereocenters. The summed E-state index contributed by atoms with van der Waals surface area (Å²) in [6.45, 7) is 0. The Kier molecular flexibility index (Phi) is 3.84. The number of unbranched alkanes of at least 4 members (excludes halogenated alkanes) is 1. The SMILES string of the molecule is COC(=O)c1cc2c(nn1)C(=O)OC2CCCC=O. The summed E-state index contributed by atoms with van der Waals surface area (Å²) in [6, 6.07) is 1.45. The molecule has 0 N–H and O–H groups in total. The molecule has 0 amide bonds. The van der Waals surface area contributed by atoms with Crippen LogP contribution >= 0.6 is 0 Å². The molecule has 7 heteroatoms.